The second-order valence-electron chi connectivity index (χ2n) is 6.01. The van der Waals surface area contributed by atoms with Gasteiger partial charge in [-0.15, -0.1) is 24.8 Å². The fourth-order valence-electron chi connectivity index (χ4n) is 2.71. The minimum absolute atomic E-state index is 0. The molecule has 1 aliphatic rings. The van der Waals surface area contributed by atoms with E-state index >= 15 is 0 Å². The monoisotopic (exact) mass is 383 g/mol. The fourth-order valence-corrected chi connectivity index (χ4v) is 2.71. The van der Waals surface area contributed by atoms with Gasteiger partial charge in [-0.3, -0.25) is 4.98 Å². The van der Waals surface area contributed by atoms with Crippen molar-refractivity contribution in [3.8, 4) is 11.1 Å². The van der Waals surface area contributed by atoms with Gasteiger partial charge in [0.05, 0.1) is 11.3 Å². The number of hydrogen-bond acceptors (Lipinski definition) is 4. The highest BCUT2D eigenvalue weighted by atomic mass is 35.5. The summed E-state index contributed by atoms with van der Waals surface area (Å²) in [4.78, 5) is 15.2. The van der Waals surface area contributed by atoms with Crippen LogP contribution < -0.4 is 10.6 Å². The predicted molar refractivity (Wildman–Crippen MR) is 105 cm³/mol. The van der Waals surface area contributed by atoms with Crippen LogP contribution in [-0.4, -0.2) is 34.7 Å². The van der Waals surface area contributed by atoms with Crippen LogP contribution in [0.5, 0.6) is 0 Å². The van der Waals surface area contributed by atoms with Crippen molar-refractivity contribution in [3.05, 3.63) is 48.3 Å². The summed E-state index contributed by atoms with van der Waals surface area (Å²) in [6.07, 6.45) is 6.02. The first-order chi connectivity index (χ1) is 11.1. The molecule has 25 heavy (non-hydrogen) atoms. The Morgan fingerprint density at radius 3 is 2.40 bits per heavy atom. The number of nitrogens with zero attached hydrogens (tertiary/aromatic N) is 1. The number of carboxylic acids is 1. The SMILES string of the molecule is CCNC1(CNc2cncc(-c3ccc(C(=O)O)cc3)c2)CC1.Cl.Cl. The number of benzene rings is 1. The summed E-state index contributed by atoms with van der Waals surface area (Å²) < 4.78 is 0. The maximum absolute atomic E-state index is 10.9. The van der Waals surface area contributed by atoms with E-state index < -0.39 is 5.97 Å². The summed E-state index contributed by atoms with van der Waals surface area (Å²) in [7, 11) is 0. The van der Waals surface area contributed by atoms with Crippen molar-refractivity contribution >= 4 is 36.5 Å². The third-order valence-electron chi connectivity index (χ3n) is 4.24. The molecule has 1 fully saturated rings. The van der Waals surface area contributed by atoms with Crippen molar-refractivity contribution in [1.29, 1.82) is 0 Å². The molecule has 0 amide bonds. The van der Waals surface area contributed by atoms with E-state index in [0.717, 1.165) is 29.9 Å². The molecule has 7 heteroatoms. The van der Waals surface area contributed by atoms with E-state index in [0.29, 0.717) is 0 Å². The molecule has 0 spiro atoms. The number of halogens is 2. The Kier molecular flexibility index (Phi) is 7.67. The average molecular weight is 384 g/mol. The van der Waals surface area contributed by atoms with Crippen LogP contribution in [0.4, 0.5) is 5.69 Å². The van der Waals surface area contributed by atoms with Gasteiger partial charge in [-0.05, 0) is 43.1 Å². The largest absolute Gasteiger partial charge is 0.478 e. The average Bonchev–Trinajstić information content (AvgIpc) is 3.34. The second-order valence-corrected chi connectivity index (χ2v) is 6.01. The minimum Gasteiger partial charge on any atom is -0.478 e. The normalized spacial score (nSPS) is 14.0. The van der Waals surface area contributed by atoms with Gasteiger partial charge in [-0.1, -0.05) is 19.1 Å². The first kappa shape index (κ1) is 21.2. The highest BCUT2D eigenvalue weighted by molar-refractivity contribution is 5.88. The molecule has 0 atom stereocenters. The molecule has 1 aromatic carbocycles. The number of rotatable bonds is 7. The standard InChI is InChI=1S/C18H21N3O2.2ClH/c1-2-21-18(7-8-18)12-20-16-9-15(10-19-11-16)13-3-5-14(6-4-13)17(22)23;;/h3-6,9-11,20-21H,2,7-8,12H2,1H3,(H,22,23);2*1H. The topological polar surface area (TPSA) is 74.2 Å². The lowest BCUT2D eigenvalue weighted by Crippen LogP contribution is -2.37. The van der Waals surface area contributed by atoms with Crippen LogP contribution in [0, 0.1) is 0 Å². The summed E-state index contributed by atoms with van der Waals surface area (Å²) in [5.74, 6) is -0.914. The number of pyridine rings is 1. The molecule has 5 nitrogen and oxygen atoms in total. The molecular formula is C18H23Cl2N3O2. The molecule has 136 valence electrons. The summed E-state index contributed by atoms with van der Waals surface area (Å²) in [5, 5.41) is 15.9. The first-order valence-corrected chi connectivity index (χ1v) is 7.90. The van der Waals surface area contributed by atoms with Crippen molar-refractivity contribution < 1.29 is 9.90 Å². The Bertz CT molecular complexity index is 704. The number of likely N-dealkylation sites (N-methyl/N-ethyl adjacent to an activating group) is 1. The van der Waals surface area contributed by atoms with Gasteiger partial charge in [0.1, 0.15) is 0 Å². The molecule has 1 aromatic heterocycles. The molecule has 3 rings (SSSR count). The zero-order valence-corrected chi connectivity index (χ0v) is 15.6. The van der Waals surface area contributed by atoms with Crippen molar-refractivity contribution in [3.63, 3.8) is 0 Å². The lowest BCUT2D eigenvalue weighted by atomic mass is 10.1. The van der Waals surface area contributed by atoms with E-state index in [9.17, 15) is 4.79 Å². The molecule has 1 aliphatic carbocycles. The number of aromatic nitrogens is 1. The van der Waals surface area contributed by atoms with Crippen LogP contribution in [0.3, 0.4) is 0 Å². The number of anilines is 1. The molecule has 2 aromatic rings. The van der Waals surface area contributed by atoms with Crippen molar-refractivity contribution in [1.82, 2.24) is 10.3 Å². The third kappa shape index (κ3) is 5.33. The molecule has 0 radical (unpaired) electrons. The summed E-state index contributed by atoms with van der Waals surface area (Å²) in [6, 6.07) is 8.89. The Morgan fingerprint density at radius 1 is 1.16 bits per heavy atom. The van der Waals surface area contributed by atoms with E-state index in [1.165, 1.54) is 12.8 Å². The third-order valence-corrected chi connectivity index (χ3v) is 4.24. The molecule has 0 unspecified atom stereocenters. The van der Waals surface area contributed by atoms with Gasteiger partial charge in [0, 0.05) is 30.0 Å². The van der Waals surface area contributed by atoms with Gasteiger partial charge < -0.3 is 15.7 Å². The quantitative estimate of drug-likeness (QED) is 0.676. The number of carboxylic acid groups (broad SMARTS) is 1. The van der Waals surface area contributed by atoms with Gasteiger partial charge >= 0.3 is 5.97 Å². The van der Waals surface area contributed by atoms with Gasteiger partial charge in [0.2, 0.25) is 0 Å². The number of aromatic carboxylic acids is 1. The summed E-state index contributed by atoms with van der Waals surface area (Å²) in [6.45, 7) is 4.00. The Hall–Kier alpha value is -1.82. The Morgan fingerprint density at radius 2 is 1.84 bits per heavy atom. The number of hydrogen-bond donors (Lipinski definition) is 3. The first-order valence-electron chi connectivity index (χ1n) is 7.90. The molecule has 0 bridgehead atoms. The smallest absolute Gasteiger partial charge is 0.335 e. The molecule has 0 saturated heterocycles. The van der Waals surface area contributed by atoms with Crippen molar-refractivity contribution in [2.75, 3.05) is 18.4 Å². The minimum atomic E-state index is -0.914. The van der Waals surface area contributed by atoms with E-state index in [4.69, 9.17) is 5.11 Å². The molecule has 3 N–H and O–H groups in total. The van der Waals surface area contributed by atoms with Crippen LogP contribution in [-0.2, 0) is 0 Å². The van der Waals surface area contributed by atoms with Crippen LogP contribution in [0.2, 0.25) is 0 Å². The van der Waals surface area contributed by atoms with E-state index in [-0.39, 0.29) is 35.9 Å². The van der Waals surface area contributed by atoms with Crippen LogP contribution in [0.25, 0.3) is 11.1 Å². The van der Waals surface area contributed by atoms with Gasteiger partial charge in [-0.25, -0.2) is 4.79 Å². The fraction of sp³-hybridized carbons (Fsp3) is 0.333. The predicted octanol–water partition coefficient (Wildman–Crippen LogP) is 3.84. The number of carbonyl (C=O) groups is 1. The van der Waals surface area contributed by atoms with E-state index in [1.54, 1.807) is 18.3 Å². The van der Waals surface area contributed by atoms with Gasteiger partial charge in [-0.2, -0.15) is 0 Å². The Labute approximate surface area is 160 Å². The van der Waals surface area contributed by atoms with Crippen molar-refractivity contribution in [2.45, 2.75) is 25.3 Å². The highest BCUT2D eigenvalue weighted by Crippen LogP contribution is 2.35. The molecule has 1 heterocycles. The zero-order chi connectivity index (χ0) is 16.3. The number of nitrogens with one attached hydrogen (secondary N) is 2. The maximum atomic E-state index is 10.9. The molecular weight excluding hydrogens is 361 g/mol. The molecule has 0 aliphatic heterocycles. The lowest BCUT2D eigenvalue weighted by Gasteiger charge is -2.17. The van der Waals surface area contributed by atoms with Crippen LogP contribution in [0.1, 0.15) is 30.1 Å². The van der Waals surface area contributed by atoms with Crippen molar-refractivity contribution in [2.24, 2.45) is 0 Å². The van der Waals surface area contributed by atoms with Crippen LogP contribution >= 0.6 is 24.8 Å². The summed E-state index contributed by atoms with van der Waals surface area (Å²) >= 11 is 0. The summed E-state index contributed by atoms with van der Waals surface area (Å²) in [5.41, 5.74) is 3.44. The second kappa shape index (κ2) is 9.04. The van der Waals surface area contributed by atoms with E-state index in [1.807, 2.05) is 24.4 Å². The zero-order valence-electron chi connectivity index (χ0n) is 14.0. The lowest BCUT2D eigenvalue weighted by molar-refractivity contribution is 0.0697. The van der Waals surface area contributed by atoms with Gasteiger partial charge in [0.25, 0.3) is 0 Å². The maximum Gasteiger partial charge on any atom is 0.335 e. The van der Waals surface area contributed by atoms with Crippen LogP contribution in [0.15, 0.2) is 42.7 Å². The highest BCUT2D eigenvalue weighted by Gasteiger charge is 2.41. The van der Waals surface area contributed by atoms with Gasteiger partial charge in [0.15, 0.2) is 0 Å². The Balaban J connectivity index is 0.00000156. The van der Waals surface area contributed by atoms with E-state index in [2.05, 4.69) is 22.5 Å². The molecule has 1 saturated carbocycles.